The Labute approximate surface area is 176 Å². The van der Waals surface area contributed by atoms with Crippen LogP contribution in [0.15, 0.2) is 29.4 Å². The average molecular weight is 438 g/mol. The molecule has 0 saturated carbocycles. The summed E-state index contributed by atoms with van der Waals surface area (Å²) in [6.45, 7) is 6.11. The van der Waals surface area contributed by atoms with Gasteiger partial charge in [-0.05, 0) is 37.1 Å². The van der Waals surface area contributed by atoms with Crippen LogP contribution in [-0.4, -0.2) is 34.2 Å². The van der Waals surface area contributed by atoms with E-state index in [1.54, 1.807) is 25.1 Å². The molecule has 0 aliphatic rings. The second kappa shape index (κ2) is 8.98. The number of benzene rings is 1. The molecule has 28 heavy (non-hydrogen) atoms. The Kier molecular flexibility index (Phi) is 6.64. The number of carbonyl (C=O) groups is 2. The maximum absolute atomic E-state index is 12.4. The van der Waals surface area contributed by atoms with Gasteiger partial charge in [-0.2, -0.15) is 0 Å². The summed E-state index contributed by atoms with van der Waals surface area (Å²) in [5.74, 6) is -0.236. The van der Waals surface area contributed by atoms with E-state index in [4.69, 9.17) is 16.3 Å². The maximum Gasteiger partial charge on any atom is 0.341 e. The summed E-state index contributed by atoms with van der Waals surface area (Å²) in [7, 11) is 0. The molecule has 0 fully saturated rings. The highest BCUT2D eigenvalue weighted by atomic mass is 35.5. The Morgan fingerprint density at radius 2 is 2.14 bits per heavy atom. The Bertz CT molecular complexity index is 1010. The predicted octanol–water partition coefficient (Wildman–Crippen LogP) is 5.31. The highest BCUT2D eigenvalue weighted by Crippen LogP contribution is 2.33. The number of H-pyrrole nitrogens is 1. The van der Waals surface area contributed by atoms with Crippen molar-refractivity contribution in [1.29, 1.82) is 0 Å². The Morgan fingerprint density at radius 3 is 2.86 bits per heavy atom. The number of imidazole rings is 1. The van der Waals surface area contributed by atoms with Crippen LogP contribution in [0.1, 0.15) is 41.9 Å². The number of thioether (sulfide) groups is 1. The number of ether oxygens (including phenoxy) is 1. The summed E-state index contributed by atoms with van der Waals surface area (Å²) in [5.41, 5.74) is 2.00. The summed E-state index contributed by atoms with van der Waals surface area (Å²) < 4.78 is 5.10. The van der Waals surface area contributed by atoms with Crippen LogP contribution in [-0.2, 0) is 9.53 Å². The Morgan fingerprint density at radius 1 is 1.36 bits per heavy atom. The number of carbonyl (C=O) groups excluding carboxylic acids is 2. The first-order chi connectivity index (χ1) is 13.4. The molecule has 3 rings (SSSR count). The van der Waals surface area contributed by atoms with Crippen LogP contribution in [0.2, 0.25) is 5.02 Å². The molecule has 0 radical (unpaired) electrons. The van der Waals surface area contributed by atoms with E-state index in [1.807, 2.05) is 19.9 Å². The first kappa shape index (κ1) is 20.7. The molecule has 2 aromatic heterocycles. The largest absolute Gasteiger partial charge is 0.462 e. The van der Waals surface area contributed by atoms with Crippen LogP contribution in [0.5, 0.6) is 0 Å². The van der Waals surface area contributed by atoms with Crippen LogP contribution < -0.4 is 5.32 Å². The summed E-state index contributed by atoms with van der Waals surface area (Å²) in [5, 5.41) is 4.60. The van der Waals surface area contributed by atoms with Gasteiger partial charge >= 0.3 is 5.97 Å². The number of nitrogens with zero attached hydrogens (tertiary/aromatic N) is 1. The van der Waals surface area contributed by atoms with E-state index in [-0.39, 0.29) is 24.2 Å². The lowest BCUT2D eigenvalue weighted by atomic mass is 10.1. The van der Waals surface area contributed by atoms with Crippen LogP contribution in [0.25, 0.3) is 11.0 Å². The van der Waals surface area contributed by atoms with Gasteiger partial charge < -0.3 is 15.0 Å². The molecule has 1 aromatic carbocycles. The average Bonchev–Trinajstić information content (AvgIpc) is 3.23. The third kappa shape index (κ3) is 4.87. The molecule has 1 amide bonds. The smallest absolute Gasteiger partial charge is 0.341 e. The van der Waals surface area contributed by atoms with Gasteiger partial charge in [0.25, 0.3) is 0 Å². The van der Waals surface area contributed by atoms with Gasteiger partial charge in [-0.1, -0.05) is 37.2 Å². The molecular weight excluding hydrogens is 418 g/mol. The molecule has 2 N–H and O–H groups in total. The zero-order valence-electron chi connectivity index (χ0n) is 15.7. The second-order valence-corrected chi connectivity index (χ2v) is 8.79. The number of halogens is 1. The summed E-state index contributed by atoms with van der Waals surface area (Å²) in [6.07, 6.45) is 0. The zero-order chi connectivity index (χ0) is 20.3. The van der Waals surface area contributed by atoms with Gasteiger partial charge in [0.15, 0.2) is 5.16 Å². The highest BCUT2D eigenvalue weighted by molar-refractivity contribution is 7.99. The van der Waals surface area contributed by atoms with Gasteiger partial charge in [0, 0.05) is 9.90 Å². The molecule has 148 valence electrons. The number of fused-ring (bicyclic) bond motifs is 1. The van der Waals surface area contributed by atoms with Crippen molar-refractivity contribution >= 4 is 62.6 Å². The number of anilines is 1. The van der Waals surface area contributed by atoms with E-state index < -0.39 is 5.97 Å². The van der Waals surface area contributed by atoms with Crippen molar-refractivity contribution in [2.75, 3.05) is 17.7 Å². The Balaban J connectivity index is 1.68. The molecule has 0 atom stereocenters. The van der Waals surface area contributed by atoms with Crippen molar-refractivity contribution in [3.63, 3.8) is 0 Å². The zero-order valence-corrected chi connectivity index (χ0v) is 18.1. The van der Waals surface area contributed by atoms with E-state index in [1.165, 1.54) is 23.1 Å². The first-order valence-corrected chi connectivity index (χ1v) is 10.9. The van der Waals surface area contributed by atoms with Crippen LogP contribution >= 0.6 is 34.7 Å². The van der Waals surface area contributed by atoms with E-state index in [9.17, 15) is 9.59 Å². The van der Waals surface area contributed by atoms with Gasteiger partial charge in [0.05, 0.1) is 29.0 Å². The van der Waals surface area contributed by atoms with Crippen molar-refractivity contribution < 1.29 is 14.3 Å². The van der Waals surface area contributed by atoms with E-state index >= 15 is 0 Å². The minimum atomic E-state index is -0.428. The molecular formula is C19H20ClN3O3S2. The van der Waals surface area contributed by atoms with Crippen molar-refractivity contribution in [3.8, 4) is 0 Å². The number of aromatic amines is 1. The van der Waals surface area contributed by atoms with Crippen LogP contribution in [0, 0.1) is 0 Å². The molecule has 9 heteroatoms. The first-order valence-electron chi connectivity index (χ1n) is 8.76. The third-order valence-electron chi connectivity index (χ3n) is 3.83. The van der Waals surface area contributed by atoms with Gasteiger partial charge in [-0.3, -0.25) is 4.79 Å². The van der Waals surface area contributed by atoms with E-state index in [0.29, 0.717) is 20.7 Å². The minimum Gasteiger partial charge on any atom is -0.462 e. The number of aromatic nitrogens is 2. The standard InChI is InChI=1S/C19H20ClN3O3S2/c1-4-26-18(25)12-8-15(10(2)3)28-17(12)23-16(24)9-27-19-21-13-6-5-11(20)7-14(13)22-19/h5-8,10H,4,9H2,1-3H3,(H,21,22)(H,23,24). The maximum atomic E-state index is 12.4. The van der Waals surface area contributed by atoms with Gasteiger partial charge in [-0.25, -0.2) is 9.78 Å². The number of rotatable bonds is 7. The molecule has 3 aromatic rings. The normalized spacial score (nSPS) is 11.2. The van der Waals surface area contributed by atoms with Crippen LogP contribution in [0.4, 0.5) is 5.00 Å². The molecule has 0 saturated heterocycles. The van der Waals surface area contributed by atoms with E-state index in [0.717, 1.165) is 15.9 Å². The molecule has 0 spiro atoms. The Hall–Kier alpha value is -2.03. The SMILES string of the molecule is CCOC(=O)c1cc(C(C)C)sc1NC(=O)CSc1nc2ccc(Cl)cc2[nH]1. The topological polar surface area (TPSA) is 84.1 Å². The van der Waals surface area contributed by atoms with Gasteiger partial charge in [0.1, 0.15) is 5.00 Å². The molecule has 0 bridgehead atoms. The molecule has 0 unspecified atom stereocenters. The number of hydrogen-bond donors (Lipinski definition) is 2. The van der Waals surface area contributed by atoms with E-state index in [2.05, 4.69) is 15.3 Å². The quantitative estimate of drug-likeness (QED) is 0.386. The minimum absolute atomic E-state index is 0.157. The lowest BCUT2D eigenvalue weighted by molar-refractivity contribution is -0.113. The number of thiophene rings is 1. The van der Waals surface area contributed by atoms with Crippen molar-refractivity contribution in [2.24, 2.45) is 0 Å². The lowest BCUT2D eigenvalue weighted by Crippen LogP contribution is -2.16. The summed E-state index contributed by atoms with van der Waals surface area (Å²) >= 11 is 8.66. The fraction of sp³-hybridized carbons (Fsp3) is 0.316. The van der Waals surface area contributed by atoms with Crippen molar-refractivity contribution in [2.45, 2.75) is 31.8 Å². The van der Waals surface area contributed by atoms with Crippen molar-refractivity contribution in [3.05, 3.63) is 39.7 Å². The number of nitrogens with one attached hydrogen (secondary N) is 2. The number of amides is 1. The predicted molar refractivity (Wildman–Crippen MR) is 115 cm³/mol. The van der Waals surface area contributed by atoms with Crippen LogP contribution in [0.3, 0.4) is 0 Å². The monoisotopic (exact) mass is 437 g/mol. The summed E-state index contributed by atoms with van der Waals surface area (Å²) in [6, 6.07) is 7.17. The molecule has 0 aliphatic heterocycles. The summed E-state index contributed by atoms with van der Waals surface area (Å²) in [4.78, 5) is 33.2. The number of esters is 1. The van der Waals surface area contributed by atoms with Gasteiger partial charge in [0.2, 0.25) is 5.91 Å². The third-order valence-corrected chi connectivity index (χ3v) is 6.29. The molecule has 6 nitrogen and oxygen atoms in total. The molecule has 2 heterocycles. The highest BCUT2D eigenvalue weighted by Gasteiger charge is 2.20. The molecule has 0 aliphatic carbocycles. The fourth-order valence-corrected chi connectivity index (χ4v) is 4.39. The van der Waals surface area contributed by atoms with Crippen molar-refractivity contribution in [1.82, 2.24) is 9.97 Å². The second-order valence-electron chi connectivity index (χ2n) is 6.31. The fourth-order valence-electron chi connectivity index (χ4n) is 2.47. The number of hydrogen-bond acceptors (Lipinski definition) is 6. The lowest BCUT2D eigenvalue weighted by Gasteiger charge is -2.05. The van der Waals surface area contributed by atoms with Gasteiger partial charge in [-0.15, -0.1) is 11.3 Å².